The quantitative estimate of drug-likeness (QED) is 0.480. The average molecular weight is 501 g/mol. The van der Waals surface area contributed by atoms with Crippen molar-refractivity contribution in [2.75, 3.05) is 38.2 Å². The van der Waals surface area contributed by atoms with Crippen molar-refractivity contribution < 1.29 is 28.2 Å². The Bertz CT molecular complexity index is 1220. The highest BCUT2D eigenvalue weighted by Gasteiger charge is 2.30. The third-order valence-corrected chi connectivity index (χ3v) is 6.14. The maximum atomic E-state index is 13.1. The van der Waals surface area contributed by atoms with Crippen LogP contribution in [-0.2, 0) is 17.5 Å². The molecule has 2 aromatic carbocycles. The van der Waals surface area contributed by atoms with E-state index < -0.39 is 24.5 Å². The molecule has 0 bridgehead atoms. The first-order valence-corrected chi connectivity index (χ1v) is 11.5. The van der Waals surface area contributed by atoms with E-state index in [4.69, 9.17) is 0 Å². The summed E-state index contributed by atoms with van der Waals surface area (Å²) in [5.41, 5.74) is 3.32. The lowest BCUT2D eigenvalue weighted by Crippen LogP contribution is -2.37. The lowest BCUT2D eigenvalue weighted by molar-refractivity contribution is -0.137. The molecule has 0 saturated carbocycles. The molecule has 0 aliphatic carbocycles. The fraction of sp³-hybridized carbons (Fsp3) is 0.308. The van der Waals surface area contributed by atoms with Crippen LogP contribution < -0.4 is 10.2 Å². The Morgan fingerprint density at radius 3 is 2.53 bits per heavy atom. The van der Waals surface area contributed by atoms with Crippen LogP contribution in [0, 0.1) is 0 Å². The van der Waals surface area contributed by atoms with Gasteiger partial charge >= 0.3 is 6.18 Å². The first kappa shape index (κ1) is 25.6. The zero-order valence-corrected chi connectivity index (χ0v) is 19.7. The van der Waals surface area contributed by atoms with Crippen molar-refractivity contribution in [3.05, 3.63) is 77.5 Å². The van der Waals surface area contributed by atoms with E-state index in [0.717, 1.165) is 28.9 Å². The van der Waals surface area contributed by atoms with E-state index in [2.05, 4.69) is 10.3 Å². The number of carbonyl (C=O) groups excluding carboxylic acids is 1. The van der Waals surface area contributed by atoms with Gasteiger partial charge in [-0.3, -0.25) is 9.69 Å². The number of likely N-dealkylation sites (N-methyl/N-ethyl adjacent to an activating group) is 1. The molecule has 0 fully saturated rings. The van der Waals surface area contributed by atoms with E-state index in [1.165, 1.54) is 12.1 Å². The summed E-state index contributed by atoms with van der Waals surface area (Å²) in [5.74, 6) is -0.136. The summed E-state index contributed by atoms with van der Waals surface area (Å²) < 4.78 is 39.3. The van der Waals surface area contributed by atoms with Crippen molar-refractivity contribution in [1.29, 1.82) is 0 Å². The maximum absolute atomic E-state index is 13.1. The van der Waals surface area contributed by atoms with Crippen LogP contribution in [0.15, 0.2) is 60.7 Å². The van der Waals surface area contributed by atoms with Gasteiger partial charge in [-0.1, -0.05) is 12.1 Å². The molecule has 0 spiro atoms. The van der Waals surface area contributed by atoms with Crippen molar-refractivity contribution in [3.63, 3.8) is 0 Å². The van der Waals surface area contributed by atoms with Crippen molar-refractivity contribution in [3.8, 4) is 11.3 Å². The predicted molar refractivity (Wildman–Crippen MR) is 130 cm³/mol. The molecule has 190 valence electrons. The van der Waals surface area contributed by atoms with E-state index >= 15 is 0 Å². The number of anilines is 2. The van der Waals surface area contributed by atoms with E-state index in [9.17, 15) is 28.2 Å². The van der Waals surface area contributed by atoms with Crippen LogP contribution in [-0.4, -0.2) is 59.3 Å². The third-order valence-electron chi connectivity index (χ3n) is 6.14. The van der Waals surface area contributed by atoms with Crippen LogP contribution in [0.1, 0.15) is 22.9 Å². The Morgan fingerprint density at radius 1 is 1.11 bits per heavy atom. The van der Waals surface area contributed by atoms with Gasteiger partial charge in [0.2, 0.25) is 5.91 Å². The number of aliphatic hydroxyl groups excluding tert-OH is 2. The molecule has 10 heteroatoms. The van der Waals surface area contributed by atoms with Crippen molar-refractivity contribution in [2.45, 2.75) is 18.8 Å². The number of nitrogens with one attached hydrogen (secondary N) is 1. The monoisotopic (exact) mass is 500 g/mol. The van der Waals surface area contributed by atoms with Crippen molar-refractivity contribution >= 4 is 17.3 Å². The Labute approximate surface area is 206 Å². The number of alkyl halides is 3. The molecule has 3 N–H and O–H groups in total. The minimum Gasteiger partial charge on any atom is -0.393 e. The number of aliphatic hydroxyl groups is 2. The lowest BCUT2D eigenvalue weighted by Gasteiger charge is -2.26. The standard InChI is InChI=1S/C26H27F3N4O3/c1-30-25(36)15-32-11-12-33(20-8-6-19(7-9-20)26(27,28)29)23-10-5-17(13-18(23)14-32)21-3-2-4-22(31-21)24(35)16-34/h2-10,13,24,34-35H,11-12,14-16H2,1H3,(H,30,36)/t24-/m1/s1. The number of fused-ring (bicyclic) bond motifs is 1. The molecule has 1 aliphatic heterocycles. The molecule has 0 unspecified atom stereocenters. The van der Waals surface area contributed by atoms with Gasteiger partial charge in [-0.25, -0.2) is 4.98 Å². The Hall–Kier alpha value is -3.47. The van der Waals surface area contributed by atoms with Gasteiger partial charge in [0.05, 0.1) is 30.1 Å². The molecule has 0 radical (unpaired) electrons. The number of amides is 1. The van der Waals surface area contributed by atoms with Gasteiger partial charge in [-0.15, -0.1) is 0 Å². The molecule has 1 amide bonds. The van der Waals surface area contributed by atoms with Crippen LogP contribution in [0.4, 0.5) is 24.5 Å². The molecule has 4 rings (SSSR count). The topological polar surface area (TPSA) is 88.9 Å². The molecule has 7 nitrogen and oxygen atoms in total. The highest BCUT2D eigenvalue weighted by atomic mass is 19.4. The number of rotatable bonds is 6. The summed E-state index contributed by atoms with van der Waals surface area (Å²) in [7, 11) is 1.57. The summed E-state index contributed by atoms with van der Waals surface area (Å²) in [5, 5.41) is 21.9. The number of pyridine rings is 1. The van der Waals surface area contributed by atoms with E-state index in [0.29, 0.717) is 36.7 Å². The van der Waals surface area contributed by atoms with E-state index in [-0.39, 0.29) is 12.5 Å². The predicted octanol–water partition coefficient (Wildman–Crippen LogP) is 3.49. The average Bonchev–Trinajstić information content (AvgIpc) is 3.06. The summed E-state index contributed by atoms with van der Waals surface area (Å²) >= 11 is 0. The van der Waals surface area contributed by atoms with Crippen LogP contribution >= 0.6 is 0 Å². The first-order valence-electron chi connectivity index (χ1n) is 11.5. The van der Waals surface area contributed by atoms with Gasteiger partial charge < -0.3 is 20.4 Å². The zero-order chi connectivity index (χ0) is 25.9. The number of nitrogens with zero attached hydrogens (tertiary/aromatic N) is 3. The second kappa shape index (κ2) is 10.7. The molecular formula is C26H27F3N4O3. The van der Waals surface area contributed by atoms with E-state index in [1.807, 2.05) is 28.0 Å². The Morgan fingerprint density at radius 2 is 1.86 bits per heavy atom. The van der Waals surface area contributed by atoms with Gasteiger partial charge in [0, 0.05) is 43.6 Å². The molecule has 2 heterocycles. The molecule has 1 aromatic heterocycles. The summed E-state index contributed by atoms with van der Waals surface area (Å²) in [6.07, 6.45) is -5.51. The van der Waals surface area contributed by atoms with E-state index in [1.54, 1.807) is 25.2 Å². The number of carbonyl (C=O) groups is 1. The smallest absolute Gasteiger partial charge is 0.393 e. The van der Waals surface area contributed by atoms with Crippen molar-refractivity contribution in [2.24, 2.45) is 0 Å². The van der Waals surface area contributed by atoms with Crippen LogP contribution in [0.25, 0.3) is 11.3 Å². The number of benzene rings is 2. The number of hydrogen-bond acceptors (Lipinski definition) is 6. The largest absolute Gasteiger partial charge is 0.416 e. The van der Waals surface area contributed by atoms with Crippen molar-refractivity contribution in [1.82, 2.24) is 15.2 Å². The minimum absolute atomic E-state index is 0.136. The molecular weight excluding hydrogens is 473 g/mol. The number of halogens is 3. The lowest BCUT2D eigenvalue weighted by atomic mass is 10.0. The van der Waals surface area contributed by atoms with Gasteiger partial charge in [0.25, 0.3) is 0 Å². The van der Waals surface area contributed by atoms with Crippen LogP contribution in [0.2, 0.25) is 0 Å². The number of hydrogen-bond donors (Lipinski definition) is 3. The Kier molecular flexibility index (Phi) is 7.58. The van der Waals surface area contributed by atoms with Gasteiger partial charge in [-0.05, 0) is 54.1 Å². The third kappa shape index (κ3) is 5.67. The number of aromatic nitrogens is 1. The highest BCUT2D eigenvalue weighted by molar-refractivity contribution is 5.78. The molecule has 36 heavy (non-hydrogen) atoms. The summed E-state index contributed by atoms with van der Waals surface area (Å²) in [6.45, 7) is 1.18. The fourth-order valence-electron chi connectivity index (χ4n) is 4.22. The van der Waals surface area contributed by atoms with Gasteiger partial charge in [0.1, 0.15) is 6.10 Å². The zero-order valence-electron chi connectivity index (χ0n) is 19.7. The SMILES string of the molecule is CNC(=O)CN1CCN(c2ccc(C(F)(F)F)cc2)c2ccc(-c3cccc([C@H](O)CO)n3)cc2C1. The summed E-state index contributed by atoms with van der Waals surface area (Å²) in [6, 6.07) is 15.9. The van der Waals surface area contributed by atoms with Crippen LogP contribution in [0.3, 0.4) is 0 Å². The normalized spacial score (nSPS) is 15.2. The van der Waals surface area contributed by atoms with Gasteiger partial charge in [-0.2, -0.15) is 13.2 Å². The van der Waals surface area contributed by atoms with Crippen LogP contribution in [0.5, 0.6) is 0 Å². The van der Waals surface area contributed by atoms with Gasteiger partial charge in [0.15, 0.2) is 0 Å². The highest BCUT2D eigenvalue weighted by Crippen LogP contribution is 2.36. The summed E-state index contributed by atoms with van der Waals surface area (Å²) in [4.78, 5) is 20.5. The second-order valence-corrected chi connectivity index (χ2v) is 8.57. The minimum atomic E-state index is -4.42. The Balaban J connectivity index is 1.73. The fourth-order valence-corrected chi connectivity index (χ4v) is 4.22. The molecule has 1 atom stereocenters. The molecule has 0 saturated heterocycles. The second-order valence-electron chi connectivity index (χ2n) is 8.57. The molecule has 1 aliphatic rings. The maximum Gasteiger partial charge on any atom is 0.416 e. The molecule has 3 aromatic rings. The first-order chi connectivity index (χ1) is 17.2.